The molecular formula is C8H4ClNO. The highest BCUT2D eigenvalue weighted by Crippen LogP contribution is 1.98. The predicted molar refractivity (Wildman–Crippen MR) is 41.7 cm³/mol. The van der Waals surface area contributed by atoms with E-state index in [0.29, 0.717) is 10.4 Å². The smallest absolute Gasteiger partial charge is 0.267 e. The Kier molecular flexibility index (Phi) is 1.29. The summed E-state index contributed by atoms with van der Waals surface area (Å²) < 4.78 is 0. The molecule has 54 valence electrons. The highest BCUT2D eigenvalue weighted by Gasteiger charge is 2.04. The van der Waals surface area contributed by atoms with Gasteiger partial charge in [-0.05, 0) is 12.1 Å². The molecule has 0 spiro atoms. The van der Waals surface area contributed by atoms with E-state index >= 15 is 0 Å². The monoisotopic (exact) mass is 165 g/mol. The van der Waals surface area contributed by atoms with Gasteiger partial charge in [-0.25, -0.2) is 4.99 Å². The lowest BCUT2D eigenvalue weighted by molar-refractivity contribution is -0.112. The number of carbonyl (C=O) groups is 1. The maximum absolute atomic E-state index is 10.8. The lowest BCUT2D eigenvalue weighted by atomic mass is 10.3. The van der Waals surface area contributed by atoms with Crippen molar-refractivity contribution >= 4 is 23.6 Å². The van der Waals surface area contributed by atoms with Gasteiger partial charge in [0.1, 0.15) is 0 Å². The van der Waals surface area contributed by atoms with E-state index in [1.807, 2.05) is 0 Å². The van der Waals surface area contributed by atoms with Crippen molar-refractivity contribution in [3.8, 4) is 0 Å². The van der Waals surface area contributed by atoms with Gasteiger partial charge in [-0.15, -0.1) is 0 Å². The number of hydrogen-bond donors (Lipinski definition) is 0. The SMILES string of the molecule is O=C1C=c2c(Cl)cccc2=N1. The zero-order valence-electron chi connectivity index (χ0n) is 5.54. The molecule has 0 unspecified atom stereocenters. The lowest BCUT2D eigenvalue weighted by Gasteiger charge is -1.85. The van der Waals surface area contributed by atoms with Gasteiger partial charge in [-0.2, -0.15) is 0 Å². The molecule has 0 atom stereocenters. The molecule has 0 N–H and O–H groups in total. The van der Waals surface area contributed by atoms with Gasteiger partial charge in [-0.3, -0.25) is 4.79 Å². The van der Waals surface area contributed by atoms with Crippen LogP contribution in [0.15, 0.2) is 23.2 Å². The molecule has 1 aromatic rings. The third-order valence-electron chi connectivity index (χ3n) is 1.53. The Morgan fingerprint density at radius 3 is 2.91 bits per heavy atom. The van der Waals surface area contributed by atoms with Gasteiger partial charge in [0.15, 0.2) is 0 Å². The van der Waals surface area contributed by atoms with Gasteiger partial charge >= 0.3 is 0 Å². The molecule has 0 saturated heterocycles. The van der Waals surface area contributed by atoms with Crippen LogP contribution in [0.25, 0.3) is 6.08 Å². The second-order valence-corrected chi connectivity index (χ2v) is 2.67. The Balaban J connectivity index is 2.97. The fourth-order valence-electron chi connectivity index (χ4n) is 1.04. The van der Waals surface area contributed by atoms with Gasteiger partial charge < -0.3 is 0 Å². The normalized spacial score (nSPS) is 13.7. The first-order valence-electron chi connectivity index (χ1n) is 3.16. The minimum absolute atomic E-state index is 0.229. The molecule has 0 fully saturated rings. The van der Waals surface area contributed by atoms with Crippen LogP contribution in [0, 0.1) is 0 Å². The Morgan fingerprint density at radius 1 is 1.36 bits per heavy atom. The molecule has 2 nitrogen and oxygen atoms in total. The summed E-state index contributed by atoms with van der Waals surface area (Å²) in [5, 5.41) is 1.98. The Hall–Kier alpha value is -1.15. The molecule has 0 bridgehead atoms. The average molecular weight is 166 g/mol. The zero-order valence-corrected chi connectivity index (χ0v) is 6.30. The van der Waals surface area contributed by atoms with Crippen molar-refractivity contribution < 1.29 is 4.79 Å². The number of amides is 1. The van der Waals surface area contributed by atoms with Crippen molar-refractivity contribution in [2.75, 3.05) is 0 Å². The number of hydrogen-bond acceptors (Lipinski definition) is 1. The number of halogens is 1. The maximum Gasteiger partial charge on any atom is 0.270 e. The van der Waals surface area contributed by atoms with Crippen molar-refractivity contribution in [3.05, 3.63) is 33.8 Å². The van der Waals surface area contributed by atoms with Gasteiger partial charge in [0.2, 0.25) is 0 Å². The summed E-state index contributed by atoms with van der Waals surface area (Å²) >= 11 is 5.79. The van der Waals surface area contributed by atoms with Crippen molar-refractivity contribution in [3.63, 3.8) is 0 Å². The third-order valence-corrected chi connectivity index (χ3v) is 1.86. The van der Waals surface area contributed by atoms with E-state index in [4.69, 9.17) is 11.6 Å². The number of fused-ring (bicyclic) bond motifs is 1. The molecule has 1 heterocycles. The van der Waals surface area contributed by atoms with E-state index in [0.717, 1.165) is 5.22 Å². The van der Waals surface area contributed by atoms with Gasteiger partial charge in [0.05, 0.1) is 10.4 Å². The van der Waals surface area contributed by atoms with E-state index in [9.17, 15) is 4.79 Å². The molecule has 3 heteroatoms. The summed E-state index contributed by atoms with van der Waals surface area (Å²) in [5.74, 6) is -0.229. The van der Waals surface area contributed by atoms with Gasteiger partial charge in [0.25, 0.3) is 5.91 Å². The van der Waals surface area contributed by atoms with Crippen molar-refractivity contribution in [1.29, 1.82) is 0 Å². The van der Waals surface area contributed by atoms with Crippen LogP contribution in [0.4, 0.5) is 0 Å². The van der Waals surface area contributed by atoms with Gasteiger partial charge in [-0.1, -0.05) is 17.7 Å². The molecule has 0 aliphatic carbocycles. The number of benzene rings is 1. The first kappa shape index (κ1) is 6.55. The molecule has 0 radical (unpaired) electrons. The Labute approximate surface area is 67.8 Å². The largest absolute Gasteiger partial charge is 0.270 e. The molecule has 11 heavy (non-hydrogen) atoms. The predicted octanol–water partition coefficient (Wildman–Crippen LogP) is 0.280. The summed E-state index contributed by atoms with van der Waals surface area (Å²) in [5.41, 5.74) is 0. The number of nitrogens with zero attached hydrogens (tertiary/aromatic N) is 1. The second kappa shape index (κ2) is 2.17. The van der Waals surface area contributed by atoms with Crippen LogP contribution in [-0.4, -0.2) is 5.91 Å². The number of rotatable bonds is 0. The molecule has 0 saturated carbocycles. The molecule has 2 rings (SSSR count). The minimum Gasteiger partial charge on any atom is -0.267 e. The summed E-state index contributed by atoms with van der Waals surface area (Å²) in [6.07, 6.45) is 1.44. The minimum atomic E-state index is -0.229. The Morgan fingerprint density at radius 2 is 2.18 bits per heavy atom. The van der Waals surface area contributed by atoms with Crippen LogP contribution in [0.3, 0.4) is 0 Å². The fraction of sp³-hybridized carbons (Fsp3) is 0. The highest BCUT2D eigenvalue weighted by atomic mass is 35.5. The molecule has 1 amide bonds. The van der Waals surface area contributed by atoms with E-state index in [1.165, 1.54) is 6.08 Å². The molecular weight excluding hydrogens is 162 g/mol. The zero-order chi connectivity index (χ0) is 7.84. The first-order valence-corrected chi connectivity index (χ1v) is 3.54. The Bertz CT molecular complexity index is 436. The molecule has 0 aromatic heterocycles. The molecule has 1 aliphatic rings. The van der Waals surface area contributed by atoms with E-state index < -0.39 is 0 Å². The fourth-order valence-corrected chi connectivity index (χ4v) is 1.26. The second-order valence-electron chi connectivity index (χ2n) is 2.27. The average Bonchev–Trinajstić information content (AvgIpc) is 2.31. The van der Waals surface area contributed by atoms with E-state index in [2.05, 4.69) is 4.99 Å². The molecule has 1 aromatic carbocycles. The van der Waals surface area contributed by atoms with Crippen LogP contribution in [0.5, 0.6) is 0 Å². The van der Waals surface area contributed by atoms with Crippen molar-refractivity contribution in [2.45, 2.75) is 0 Å². The summed E-state index contributed by atoms with van der Waals surface area (Å²) in [7, 11) is 0. The quantitative estimate of drug-likeness (QED) is 0.543. The van der Waals surface area contributed by atoms with Crippen LogP contribution in [0.1, 0.15) is 0 Å². The van der Waals surface area contributed by atoms with E-state index in [-0.39, 0.29) is 5.91 Å². The van der Waals surface area contributed by atoms with Crippen LogP contribution in [-0.2, 0) is 4.79 Å². The van der Waals surface area contributed by atoms with Crippen molar-refractivity contribution in [2.24, 2.45) is 4.99 Å². The standard InChI is InChI=1S/C8H4ClNO/c9-6-2-1-3-7-5(6)4-8(11)10-7/h1-4H. The summed E-state index contributed by atoms with van der Waals surface area (Å²) in [6, 6.07) is 5.28. The highest BCUT2D eigenvalue weighted by molar-refractivity contribution is 6.31. The van der Waals surface area contributed by atoms with E-state index in [1.54, 1.807) is 18.2 Å². The summed E-state index contributed by atoms with van der Waals surface area (Å²) in [4.78, 5) is 14.5. The summed E-state index contributed by atoms with van der Waals surface area (Å²) in [6.45, 7) is 0. The topological polar surface area (TPSA) is 29.4 Å². The lowest BCUT2D eigenvalue weighted by Crippen LogP contribution is -2.21. The van der Waals surface area contributed by atoms with Crippen molar-refractivity contribution in [1.82, 2.24) is 0 Å². The van der Waals surface area contributed by atoms with Gasteiger partial charge in [0, 0.05) is 11.3 Å². The van der Waals surface area contributed by atoms with Crippen LogP contribution in [0.2, 0.25) is 5.02 Å². The van der Waals surface area contributed by atoms with Crippen LogP contribution >= 0.6 is 11.6 Å². The maximum atomic E-state index is 10.8. The molecule has 1 aliphatic heterocycles. The third kappa shape index (κ3) is 0.955. The van der Waals surface area contributed by atoms with Crippen LogP contribution < -0.4 is 10.6 Å². The first-order chi connectivity index (χ1) is 5.27. The number of carbonyl (C=O) groups excluding carboxylic acids is 1.